The second-order valence-electron chi connectivity index (χ2n) is 3.81. The third kappa shape index (κ3) is 1.90. The van der Waals surface area contributed by atoms with Crippen LogP contribution in [0.15, 0.2) is 23.8 Å². The van der Waals surface area contributed by atoms with Crippen LogP contribution in [0.5, 0.6) is 0 Å². The van der Waals surface area contributed by atoms with E-state index < -0.39 is 5.97 Å². The molecule has 1 aromatic rings. The largest absolute Gasteiger partial charge is 0.481 e. The van der Waals surface area contributed by atoms with E-state index in [1.54, 1.807) is 0 Å². The molecule has 0 amide bonds. The van der Waals surface area contributed by atoms with Gasteiger partial charge in [0.15, 0.2) is 0 Å². The van der Waals surface area contributed by atoms with Gasteiger partial charge in [-0.15, -0.1) is 0 Å². The quantitative estimate of drug-likeness (QED) is 0.835. The molecule has 0 bridgehead atoms. The molecule has 1 aromatic carbocycles. The number of hydrogen-bond donors (Lipinski definition) is 1. The van der Waals surface area contributed by atoms with Gasteiger partial charge >= 0.3 is 5.97 Å². The SMILES string of the molecule is CC1=C(CC(=O)O)c2cc(Cl)ccc2C1. The molecular weight excluding hydrogens is 212 g/mol. The fourth-order valence-corrected chi connectivity index (χ4v) is 2.18. The Morgan fingerprint density at radius 1 is 1.53 bits per heavy atom. The zero-order valence-electron chi connectivity index (χ0n) is 8.38. The number of fused-ring (bicyclic) bond motifs is 1. The van der Waals surface area contributed by atoms with Gasteiger partial charge in [-0.05, 0) is 42.2 Å². The minimum absolute atomic E-state index is 0.0825. The Hall–Kier alpha value is -1.28. The number of carboxylic acids is 1. The van der Waals surface area contributed by atoms with Crippen molar-refractivity contribution < 1.29 is 9.90 Å². The number of hydrogen-bond acceptors (Lipinski definition) is 1. The summed E-state index contributed by atoms with van der Waals surface area (Å²) in [7, 11) is 0. The lowest BCUT2D eigenvalue weighted by atomic mass is 10.0. The van der Waals surface area contributed by atoms with Crippen LogP contribution >= 0.6 is 11.6 Å². The van der Waals surface area contributed by atoms with Gasteiger partial charge in [-0.3, -0.25) is 4.79 Å². The minimum Gasteiger partial charge on any atom is -0.481 e. The van der Waals surface area contributed by atoms with Crippen molar-refractivity contribution in [2.24, 2.45) is 0 Å². The number of carboxylic acid groups (broad SMARTS) is 1. The summed E-state index contributed by atoms with van der Waals surface area (Å²) in [5, 5.41) is 9.48. The van der Waals surface area contributed by atoms with Crippen molar-refractivity contribution in [1.29, 1.82) is 0 Å². The molecule has 1 aliphatic rings. The number of aliphatic carboxylic acids is 1. The van der Waals surface area contributed by atoms with Crippen LogP contribution in [-0.2, 0) is 11.2 Å². The molecule has 0 aromatic heterocycles. The van der Waals surface area contributed by atoms with Crippen molar-refractivity contribution in [3.05, 3.63) is 39.9 Å². The molecule has 3 heteroatoms. The molecular formula is C12H11ClO2. The average molecular weight is 223 g/mol. The molecule has 0 saturated heterocycles. The van der Waals surface area contributed by atoms with Gasteiger partial charge in [0.25, 0.3) is 0 Å². The Morgan fingerprint density at radius 3 is 2.93 bits per heavy atom. The molecule has 0 spiro atoms. The first-order valence-corrected chi connectivity index (χ1v) is 5.15. The van der Waals surface area contributed by atoms with Gasteiger partial charge in [-0.1, -0.05) is 23.2 Å². The average Bonchev–Trinajstić information content (AvgIpc) is 2.43. The van der Waals surface area contributed by atoms with E-state index in [2.05, 4.69) is 0 Å². The summed E-state index contributed by atoms with van der Waals surface area (Å²) in [6.45, 7) is 1.98. The van der Waals surface area contributed by atoms with Crippen molar-refractivity contribution in [2.75, 3.05) is 0 Å². The Bertz CT molecular complexity index is 461. The van der Waals surface area contributed by atoms with Crippen LogP contribution in [0, 0.1) is 0 Å². The minimum atomic E-state index is -0.794. The molecule has 15 heavy (non-hydrogen) atoms. The van der Waals surface area contributed by atoms with E-state index in [1.165, 1.54) is 5.56 Å². The van der Waals surface area contributed by atoms with Crippen LogP contribution in [-0.4, -0.2) is 11.1 Å². The molecule has 1 N–H and O–H groups in total. The van der Waals surface area contributed by atoms with E-state index in [0.29, 0.717) is 5.02 Å². The summed E-state index contributed by atoms with van der Waals surface area (Å²) in [4.78, 5) is 10.7. The number of rotatable bonds is 2. The summed E-state index contributed by atoms with van der Waals surface area (Å²) in [5.41, 5.74) is 4.23. The third-order valence-electron chi connectivity index (χ3n) is 2.70. The molecule has 0 atom stereocenters. The van der Waals surface area contributed by atoms with Crippen LogP contribution in [0.3, 0.4) is 0 Å². The van der Waals surface area contributed by atoms with E-state index in [4.69, 9.17) is 16.7 Å². The van der Waals surface area contributed by atoms with Crippen molar-refractivity contribution in [3.8, 4) is 0 Å². The second-order valence-corrected chi connectivity index (χ2v) is 4.24. The maximum absolute atomic E-state index is 10.7. The van der Waals surface area contributed by atoms with Gasteiger partial charge in [-0.25, -0.2) is 0 Å². The Balaban J connectivity index is 2.45. The molecule has 0 radical (unpaired) electrons. The van der Waals surface area contributed by atoms with Crippen molar-refractivity contribution in [3.63, 3.8) is 0 Å². The molecule has 1 aliphatic carbocycles. The first-order chi connectivity index (χ1) is 7.08. The van der Waals surface area contributed by atoms with Crippen molar-refractivity contribution >= 4 is 23.1 Å². The lowest BCUT2D eigenvalue weighted by molar-refractivity contribution is -0.135. The van der Waals surface area contributed by atoms with Gasteiger partial charge < -0.3 is 5.11 Å². The molecule has 2 nitrogen and oxygen atoms in total. The molecule has 0 heterocycles. The van der Waals surface area contributed by atoms with Crippen LogP contribution in [0.2, 0.25) is 5.02 Å². The smallest absolute Gasteiger partial charge is 0.307 e. The number of halogens is 1. The zero-order chi connectivity index (χ0) is 11.0. The van der Waals surface area contributed by atoms with E-state index in [1.807, 2.05) is 25.1 Å². The molecule has 0 unspecified atom stereocenters. The predicted molar refractivity (Wildman–Crippen MR) is 60.0 cm³/mol. The molecule has 2 rings (SSSR count). The van der Waals surface area contributed by atoms with Gasteiger partial charge in [0.05, 0.1) is 6.42 Å². The first kappa shape index (κ1) is 10.2. The summed E-state index contributed by atoms with van der Waals surface area (Å²) in [5.74, 6) is -0.794. The lowest BCUT2D eigenvalue weighted by Crippen LogP contribution is -1.96. The molecule has 0 saturated carbocycles. The monoisotopic (exact) mass is 222 g/mol. The van der Waals surface area contributed by atoms with Crippen molar-refractivity contribution in [1.82, 2.24) is 0 Å². The molecule has 0 aliphatic heterocycles. The first-order valence-electron chi connectivity index (χ1n) is 4.77. The van der Waals surface area contributed by atoms with E-state index in [0.717, 1.165) is 23.1 Å². The summed E-state index contributed by atoms with van der Waals surface area (Å²) < 4.78 is 0. The van der Waals surface area contributed by atoms with Crippen LogP contribution in [0.1, 0.15) is 24.5 Å². The molecule has 78 valence electrons. The van der Waals surface area contributed by atoms with Crippen LogP contribution in [0.4, 0.5) is 0 Å². The summed E-state index contributed by atoms with van der Waals surface area (Å²) >= 11 is 5.90. The number of allylic oxidation sites excluding steroid dienone is 1. The van der Waals surface area contributed by atoms with E-state index in [-0.39, 0.29) is 6.42 Å². The van der Waals surface area contributed by atoms with Gasteiger partial charge in [0.1, 0.15) is 0 Å². The Labute approximate surface area is 93.2 Å². The highest BCUT2D eigenvalue weighted by molar-refractivity contribution is 6.30. The fraction of sp³-hybridized carbons (Fsp3) is 0.250. The topological polar surface area (TPSA) is 37.3 Å². The normalized spacial score (nSPS) is 14.3. The van der Waals surface area contributed by atoms with Gasteiger partial charge in [0.2, 0.25) is 0 Å². The predicted octanol–water partition coefficient (Wildman–Crippen LogP) is 3.14. The second kappa shape index (κ2) is 3.70. The van der Waals surface area contributed by atoms with E-state index >= 15 is 0 Å². The summed E-state index contributed by atoms with van der Waals surface area (Å²) in [6, 6.07) is 5.67. The Morgan fingerprint density at radius 2 is 2.27 bits per heavy atom. The maximum Gasteiger partial charge on any atom is 0.307 e. The maximum atomic E-state index is 10.7. The standard InChI is InChI=1S/C12H11ClO2/c1-7-4-8-2-3-9(13)5-11(8)10(7)6-12(14)15/h2-3,5H,4,6H2,1H3,(H,14,15). The highest BCUT2D eigenvalue weighted by atomic mass is 35.5. The fourth-order valence-electron chi connectivity index (χ4n) is 2.00. The number of carbonyl (C=O) groups is 1. The van der Waals surface area contributed by atoms with Crippen LogP contribution in [0.25, 0.3) is 5.57 Å². The lowest BCUT2D eigenvalue weighted by Gasteiger charge is -2.04. The highest BCUT2D eigenvalue weighted by Gasteiger charge is 2.20. The van der Waals surface area contributed by atoms with Gasteiger partial charge in [-0.2, -0.15) is 0 Å². The van der Waals surface area contributed by atoms with Crippen LogP contribution < -0.4 is 0 Å². The Kier molecular flexibility index (Phi) is 2.53. The highest BCUT2D eigenvalue weighted by Crippen LogP contribution is 2.36. The molecule has 0 fully saturated rings. The summed E-state index contributed by atoms with van der Waals surface area (Å²) in [6.07, 6.45) is 0.925. The van der Waals surface area contributed by atoms with Crippen molar-refractivity contribution in [2.45, 2.75) is 19.8 Å². The van der Waals surface area contributed by atoms with Gasteiger partial charge in [0, 0.05) is 5.02 Å². The van der Waals surface area contributed by atoms with E-state index in [9.17, 15) is 4.79 Å². The third-order valence-corrected chi connectivity index (χ3v) is 2.93. The number of benzene rings is 1. The zero-order valence-corrected chi connectivity index (χ0v) is 9.14.